The van der Waals surface area contributed by atoms with Gasteiger partial charge in [-0.1, -0.05) is 45.8 Å². The molecule has 4 heteroatoms. The van der Waals surface area contributed by atoms with Crippen molar-refractivity contribution in [3.05, 3.63) is 11.6 Å². The highest BCUT2D eigenvalue weighted by molar-refractivity contribution is 5.35. The summed E-state index contributed by atoms with van der Waals surface area (Å²) in [5.41, 5.74) is 0.123. The third-order valence-electron chi connectivity index (χ3n) is 7.53. The molecule has 3 N–H and O–H groups in total. The van der Waals surface area contributed by atoms with Gasteiger partial charge in [-0.3, -0.25) is 0 Å². The maximum Gasteiger partial charge on any atom is 0.0943 e. The summed E-state index contributed by atoms with van der Waals surface area (Å²) in [4.78, 5) is 0. The fourth-order valence-electron chi connectivity index (χ4n) is 6.02. The Morgan fingerprint density at radius 3 is 2.46 bits per heavy atom. The maximum absolute atomic E-state index is 10.8. The molecule has 2 fully saturated rings. The molecule has 1 saturated heterocycles. The summed E-state index contributed by atoms with van der Waals surface area (Å²) in [6.07, 6.45) is 6.93. The SMILES string of the molecule is CC1C(O)C=C2C(C)(C)CCCC2(C)C12CCC(CO)(CCO)O2. The molecule has 4 nitrogen and oxygen atoms in total. The molecule has 0 bridgehead atoms. The zero-order valence-electron chi connectivity index (χ0n) is 15.6. The summed E-state index contributed by atoms with van der Waals surface area (Å²) >= 11 is 0. The van der Waals surface area contributed by atoms with Gasteiger partial charge in [-0.25, -0.2) is 0 Å². The van der Waals surface area contributed by atoms with Crippen molar-refractivity contribution in [3.63, 3.8) is 0 Å². The number of ether oxygens (including phenoxy) is 1. The number of aliphatic hydroxyl groups excluding tert-OH is 3. The number of aliphatic hydroxyl groups is 3. The summed E-state index contributed by atoms with van der Waals surface area (Å²) in [5.74, 6) is -0.0210. The Bertz CT molecular complexity index is 528. The Balaban J connectivity index is 2.09. The Morgan fingerprint density at radius 2 is 1.83 bits per heavy atom. The van der Waals surface area contributed by atoms with Gasteiger partial charge < -0.3 is 20.1 Å². The minimum absolute atomic E-state index is 0.0124. The average Bonchev–Trinajstić information content (AvgIpc) is 2.91. The summed E-state index contributed by atoms with van der Waals surface area (Å²) in [6, 6.07) is 0. The second-order valence-corrected chi connectivity index (χ2v) is 9.24. The molecule has 3 rings (SSSR count). The van der Waals surface area contributed by atoms with Crippen molar-refractivity contribution in [2.75, 3.05) is 13.2 Å². The van der Waals surface area contributed by atoms with Crippen LogP contribution in [0.3, 0.4) is 0 Å². The first kappa shape index (κ1) is 18.4. The van der Waals surface area contributed by atoms with Gasteiger partial charge in [0, 0.05) is 24.4 Å². The molecule has 5 unspecified atom stereocenters. The van der Waals surface area contributed by atoms with E-state index in [1.807, 2.05) is 0 Å². The molecule has 1 aliphatic heterocycles. The van der Waals surface area contributed by atoms with E-state index in [0.29, 0.717) is 6.42 Å². The van der Waals surface area contributed by atoms with Crippen LogP contribution in [-0.4, -0.2) is 45.8 Å². The van der Waals surface area contributed by atoms with Crippen LogP contribution in [0.5, 0.6) is 0 Å². The highest BCUT2D eigenvalue weighted by atomic mass is 16.5. The van der Waals surface area contributed by atoms with Gasteiger partial charge in [-0.05, 0) is 31.1 Å². The van der Waals surface area contributed by atoms with Gasteiger partial charge in [0.25, 0.3) is 0 Å². The lowest BCUT2D eigenvalue weighted by Gasteiger charge is -2.60. The molecule has 0 radical (unpaired) electrons. The van der Waals surface area contributed by atoms with Crippen molar-refractivity contribution >= 4 is 0 Å². The second-order valence-electron chi connectivity index (χ2n) is 9.24. The predicted octanol–water partition coefficient (Wildman–Crippen LogP) is 2.80. The fourth-order valence-corrected chi connectivity index (χ4v) is 6.02. The Morgan fingerprint density at radius 1 is 1.12 bits per heavy atom. The van der Waals surface area contributed by atoms with Crippen LogP contribution in [0.25, 0.3) is 0 Å². The molecule has 0 aromatic heterocycles. The van der Waals surface area contributed by atoms with Crippen LogP contribution in [-0.2, 0) is 4.74 Å². The highest BCUT2D eigenvalue weighted by Gasteiger charge is 2.66. The summed E-state index contributed by atoms with van der Waals surface area (Å²) in [6.45, 7) is 8.87. The molecular weight excluding hydrogens is 304 g/mol. The van der Waals surface area contributed by atoms with Crippen LogP contribution >= 0.6 is 0 Å². The average molecular weight is 338 g/mol. The molecule has 1 saturated carbocycles. The first-order chi connectivity index (χ1) is 11.2. The third-order valence-corrected chi connectivity index (χ3v) is 7.53. The van der Waals surface area contributed by atoms with Gasteiger partial charge in [0.1, 0.15) is 0 Å². The second kappa shape index (κ2) is 5.80. The largest absolute Gasteiger partial charge is 0.396 e. The fraction of sp³-hybridized carbons (Fsp3) is 0.900. The molecule has 2 aliphatic carbocycles. The smallest absolute Gasteiger partial charge is 0.0943 e. The van der Waals surface area contributed by atoms with Crippen molar-refractivity contribution in [2.45, 2.75) is 83.5 Å². The molecule has 0 amide bonds. The lowest BCUT2D eigenvalue weighted by Crippen LogP contribution is -2.62. The van der Waals surface area contributed by atoms with E-state index in [-0.39, 0.29) is 30.0 Å². The van der Waals surface area contributed by atoms with Crippen molar-refractivity contribution in [1.29, 1.82) is 0 Å². The van der Waals surface area contributed by atoms with Crippen LogP contribution in [0.4, 0.5) is 0 Å². The molecule has 0 aromatic carbocycles. The number of hydrogen-bond acceptors (Lipinski definition) is 4. The lowest BCUT2D eigenvalue weighted by molar-refractivity contribution is -0.218. The van der Waals surface area contributed by atoms with E-state index >= 15 is 0 Å². The normalized spacial score (nSPS) is 47.5. The lowest BCUT2D eigenvalue weighted by atomic mass is 9.48. The van der Waals surface area contributed by atoms with Gasteiger partial charge in [-0.2, -0.15) is 0 Å². The van der Waals surface area contributed by atoms with Crippen LogP contribution < -0.4 is 0 Å². The van der Waals surface area contributed by atoms with E-state index in [0.717, 1.165) is 32.1 Å². The third kappa shape index (κ3) is 2.33. The number of fused-ring (bicyclic) bond motifs is 2. The first-order valence-corrected chi connectivity index (χ1v) is 9.49. The first-order valence-electron chi connectivity index (χ1n) is 9.49. The predicted molar refractivity (Wildman–Crippen MR) is 93.6 cm³/mol. The van der Waals surface area contributed by atoms with E-state index < -0.39 is 17.3 Å². The Kier molecular flexibility index (Phi) is 4.44. The van der Waals surface area contributed by atoms with Gasteiger partial charge >= 0.3 is 0 Å². The summed E-state index contributed by atoms with van der Waals surface area (Å²) in [5, 5.41) is 30.2. The Labute approximate surface area is 145 Å². The standard InChI is InChI=1S/C20H34O4/c1-14-15(23)12-16-17(2,3)6-5-7-18(16,4)20(14)9-8-19(13-22,24-20)10-11-21/h12,14-15,21-23H,5-11,13H2,1-4H3. The molecule has 1 spiro atoms. The van der Waals surface area contributed by atoms with Crippen LogP contribution in [0.2, 0.25) is 0 Å². The van der Waals surface area contributed by atoms with Gasteiger partial charge in [-0.15, -0.1) is 0 Å². The van der Waals surface area contributed by atoms with E-state index in [2.05, 4.69) is 33.8 Å². The summed E-state index contributed by atoms with van der Waals surface area (Å²) in [7, 11) is 0. The van der Waals surface area contributed by atoms with Crippen molar-refractivity contribution in [3.8, 4) is 0 Å². The van der Waals surface area contributed by atoms with Gasteiger partial charge in [0.15, 0.2) is 0 Å². The molecular formula is C20H34O4. The molecule has 24 heavy (non-hydrogen) atoms. The van der Waals surface area contributed by atoms with E-state index in [1.54, 1.807) is 0 Å². The molecule has 3 aliphatic rings. The quantitative estimate of drug-likeness (QED) is 0.692. The van der Waals surface area contributed by atoms with E-state index in [9.17, 15) is 15.3 Å². The minimum Gasteiger partial charge on any atom is -0.396 e. The van der Waals surface area contributed by atoms with Crippen LogP contribution in [0.15, 0.2) is 11.6 Å². The molecule has 1 heterocycles. The van der Waals surface area contributed by atoms with Crippen molar-refractivity contribution < 1.29 is 20.1 Å². The van der Waals surface area contributed by atoms with Crippen LogP contribution in [0, 0.1) is 16.7 Å². The van der Waals surface area contributed by atoms with Crippen molar-refractivity contribution in [1.82, 2.24) is 0 Å². The summed E-state index contributed by atoms with van der Waals surface area (Å²) < 4.78 is 6.70. The minimum atomic E-state index is -0.671. The number of hydrogen-bond donors (Lipinski definition) is 3. The zero-order chi connectivity index (χ0) is 17.8. The van der Waals surface area contributed by atoms with Crippen molar-refractivity contribution in [2.24, 2.45) is 16.7 Å². The van der Waals surface area contributed by atoms with Gasteiger partial charge in [0.05, 0.1) is 23.9 Å². The van der Waals surface area contributed by atoms with E-state index in [4.69, 9.17) is 4.74 Å². The molecule has 0 aromatic rings. The zero-order valence-corrected chi connectivity index (χ0v) is 15.6. The van der Waals surface area contributed by atoms with E-state index in [1.165, 1.54) is 5.57 Å². The highest BCUT2D eigenvalue weighted by Crippen LogP contribution is 2.65. The molecule has 5 atom stereocenters. The topological polar surface area (TPSA) is 69.9 Å². The number of rotatable bonds is 3. The van der Waals surface area contributed by atoms with Crippen LogP contribution in [0.1, 0.15) is 66.2 Å². The maximum atomic E-state index is 10.8. The van der Waals surface area contributed by atoms with Gasteiger partial charge in [0.2, 0.25) is 0 Å². The molecule has 138 valence electrons. The Hall–Kier alpha value is -0.420. The monoisotopic (exact) mass is 338 g/mol.